The first kappa shape index (κ1) is 53.8. The second kappa shape index (κ2) is 45.5. The molecule has 4 N–H and O–H groups in total. The number of carbonyl (C=O) groups excluding carboxylic acids is 1. The van der Waals surface area contributed by atoms with Crippen LogP contribution in [0.2, 0.25) is 0 Å². The minimum absolute atomic E-state index is 0.315. The molecule has 3 unspecified atom stereocenters. The standard InChI is InChI=1S/C50H97NO4/c1-3-5-7-9-11-13-15-17-19-21-22-23-24-25-26-27-28-29-31-32-34-36-38-40-42-44-48(53)47(46-52)51-50(55)49(54)45-43-41-39-37-35-33-30-20-18-16-14-12-10-8-6-4-2/h12,14,18,20,47-49,52-54H,3-11,13,15-17,19,21-46H2,1-2H3,(H,51,55)/b14-12-,20-18-. The van der Waals surface area contributed by atoms with Gasteiger partial charge >= 0.3 is 0 Å². The molecule has 0 fully saturated rings. The van der Waals surface area contributed by atoms with E-state index in [2.05, 4.69) is 43.5 Å². The SMILES string of the molecule is CCCCC/C=C\C/C=C\CCCCCCCCC(O)C(=O)NC(CO)C(O)CCCCCCCCCCCCCCCCCCCCCCCCCCC. The fourth-order valence-electron chi connectivity index (χ4n) is 7.69. The smallest absolute Gasteiger partial charge is 0.249 e. The fourth-order valence-corrected chi connectivity index (χ4v) is 7.69. The number of aliphatic hydroxyl groups excluding tert-OH is 3. The van der Waals surface area contributed by atoms with Crippen LogP contribution < -0.4 is 5.32 Å². The monoisotopic (exact) mass is 776 g/mol. The van der Waals surface area contributed by atoms with Gasteiger partial charge in [-0.3, -0.25) is 4.79 Å². The molecule has 0 aromatic heterocycles. The van der Waals surface area contributed by atoms with Crippen LogP contribution >= 0.6 is 0 Å². The Morgan fingerprint density at radius 2 is 0.745 bits per heavy atom. The number of nitrogens with one attached hydrogen (secondary N) is 1. The summed E-state index contributed by atoms with van der Waals surface area (Å²) < 4.78 is 0. The van der Waals surface area contributed by atoms with Gasteiger partial charge in [0.1, 0.15) is 6.10 Å². The summed E-state index contributed by atoms with van der Waals surface area (Å²) in [6, 6.07) is -0.715. The van der Waals surface area contributed by atoms with Crippen molar-refractivity contribution >= 4 is 5.91 Å². The fraction of sp³-hybridized carbons (Fsp3) is 0.900. The summed E-state index contributed by atoms with van der Waals surface area (Å²) in [6.45, 7) is 4.22. The topological polar surface area (TPSA) is 89.8 Å². The number of aliphatic hydroxyl groups is 3. The van der Waals surface area contributed by atoms with Crippen molar-refractivity contribution in [2.75, 3.05) is 6.61 Å². The second-order valence-electron chi connectivity index (χ2n) is 17.0. The van der Waals surface area contributed by atoms with Crippen LogP contribution in [0.25, 0.3) is 0 Å². The Kier molecular flexibility index (Phi) is 44.6. The van der Waals surface area contributed by atoms with E-state index in [9.17, 15) is 20.1 Å². The molecule has 0 radical (unpaired) electrons. The molecule has 0 rings (SSSR count). The van der Waals surface area contributed by atoms with Gasteiger partial charge in [-0.1, -0.05) is 244 Å². The predicted molar refractivity (Wildman–Crippen MR) is 241 cm³/mol. The first-order chi connectivity index (χ1) is 27.1. The molecular formula is C50H97NO4. The van der Waals surface area contributed by atoms with Crippen LogP contribution in [0.15, 0.2) is 24.3 Å². The molecule has 0 aliphatic carbocycles. The van der Waals surface area contributed by atoms with Crippen LogP contribution in [0.4, 0.5) is 0 Å². The van der Waals surface area contributed by atoms with E-state index in [1.54, 1.807) is 0 Å². The van der Waals surface area contributed by atoms with E-state index in [0.717, 1.165) is 44.9 Å². The number of unbranched alkanes of at least 4 members (excludes halogenated alkanes) is 33. The number of amides is 1. The van der Waals surface area contributed by atoms with Crippen molar-refractivity contribution in [1.82, 2.24) is 5.32 Å². The van der Waals surface area contributed by atoms with Gasteiger partial charge in [0.15, 0.2) is 0 Å². The number of rotatable bonds is 45. The Labute approximate surface area is 343 Å². The summed E-state index contributed by atoms with van der Waals surface area (Å²) in [6.07, 6.45) is 56.2. The summed E-state index contributed by atoms with van der Waals surface area (Å²) in [5.41, 5.74) is 0. The van der Waals surface area contributed by atoms with E-state index in [1.165, 1.54) is 193 Å². The molecule has 0 heterocycles. The molecule has 0 aromatic carbocycles. The van der Waals surface area contributed by atoms with Gasteiger partial charge in [-0.25, -0.2) is 0 Å². The molecule has 0 bridgehead atoms. The highest BCUT2D eigenvalue weighted by Gasteiger charge is 2.23. The van der Waals surface area contributed by atoms with Gasteiger partial charge in [-0.2, -0.15) is 0 Å². The zero-order valence-corrected chi connectivity index (χ0v) is 37.1. The summed E-state index contributed by atoms with van der Waals surface area (Å²) in [7, 11) is 0. The third-order valence-corrected chi connectivity index (χ3v) is 11.6. The van der Waals surface area contributed by atoms with Crippen LogP contribution in [0, 0.1) is 0 Å². The van der Waals surface area contributed by atoms with Crippen molar-refractivity contribution in [1.29, 1.82) is 0 Å². The van der Waals surface area contributed by atoms with Crippen molar-refractivity contribution < 1.29 is 20.1 Å². The third-order valence-electron chi connectivity index (χ3n) is 11.6. The van der Waals surface area contributed by atoms with Crippen LogP contribution in [-0.2, 0) is 4.79 Å². The van der Waals surface area contributed by atoms with Crippen molar-refractivity contribution in [2.24, 2.45) is 0 Å². The predicted octanol–water partition coefficient (Wildman–Crippen LogP) is 14.6. The number of allylic oxidation sites excluding steroid dienone is 4. The molecular weight excluding hydrogens is 679 g/mol. The number of hydrogen-bond acceptors (Lipinski definition) is 4. The molecule has 1 amide bonds. The molecule has 55 heavy (non-hydrogen) atoms. The Morgan fingerprint density at radius 3 is 1.13 bits per heavy atom. The second-order valence-corrected chi connectivity index (χ2v) is 17.0. The maximum Gasteiger partial charge on any atom is 0.249 e. The Balaban J connectivity index is 3.56. The van der Waals surface area contributed by atoms with Gasteiger partial charge in [-0.15, -0.1) is 0 Å². The highest BCUT2D eigenvalue weighted by molar-refractivity contribution is 5.80. The van der Waals surface area contributed by atoms with Gasteiger partial charge in [0.2, 0.25) is 5.91 Å². The summed E-state index contributed by atoms with van der Waals surface area (Å²) in [5, 5.41) is 33.4. The van der Waals surface area contributed by atoms with Gasteiger partial charge in [-0.05, 0) is 44.9 Å². The van der Waals surface area contributed by atoms with Crippen LogP contribution in [0.3, 0.4) is 0 Å². The van der Waals surface area contributed by atoms with Gasteiger partial charge in [0.25, 0.3) is 0 Å². The zero-order chi connectivity index (χ0) is 40.1. The quantitative estimate of drug-likeness (QED) is 0.0366. The first-order valence-corrected chi connectivity index (χ1v) is 24.6. The Morgan fingerprint density at radius 1 is 0.436 bits per heavy atom. The van der Waals surface area contributed by atoms with E-state index in [4.69, 9.17) is 0 Å². The summed E-state index contributed by atoms with van der Waals surface area (Å²) in [5.74, 6) is -0.476. The Hall–Kier alpha value is -1.17. The van der Waals surface area contributed by atoms with Crippen LogP contribution in [0.5, 0.6) is 0 Å². The van der Waals surface area contributed by atoms with Crippen molar-refractivity contribution in [3.8, 4) is 0 Å². The molecule has 326 valence electrons. The van der Waals surface area contributed by atoms with E-state index >= 15 is 0 Å². The van der Waals surface area contributed by atoms with Crippen molar-refractivity contribution in [3.05, 3.63) is 24.3 Å². The third kappa shape index (κ3) is 40.8. The average Bonchev–Trinajstić information content (AvgIpc) is 3.19. The zero-order valence-electron chi connectivity index (χ0n) is 37.1. The normalized spacial score (nSPS) is 13.6. The summed E-state index contributed by atoms with van der Waals surface area (Å²) in [4.78, 5) is 12.5. The van der Waals surface area contributed by atoms with E-state index in [0.29, 0.717) is 12.8 Å². The Bertz CT molecular complexity index is 814. The van der Waals surface area contributed by atoms with Crippen LogP contribution in [-0.4, -0.2) is 46.1 Å². The molecule has 5 nitrogen and oxygen atoms in total. The molecule has 0 spiro atoms. The average molecular weight is 776 g/mol. The molecule has 5 heteroatoms. The molecule has 3 atom stereocenters. The lowest BCUT2D eigenvalue weighted by molar-refractivity contribution is -0.131. The van der Waals surface area contributed by atoms with E-state index in [1.807, 2.05) is 0 Å². The lowest BCUT2D eigenvalue weighted by atomic mass is 10.0. The number of carbonyl (C=O) groups is 1. The van der Waals surface area contributed by atoms with Gasteiger partial charge in [0, 0.05) is 0 Å². The van der Waals surface area contributed by atoms with Gasteiger partial charge < -0.3 is 20.6 Å². The van der Waals surface area contributed by atoms with Crippen molar-refractivity contribution in [3.63, 3.8) is 0 Å². The molecule has 0 saturated carbocycles. The largest absolute Gasteiger partial charge is 0.394 e. The van der Waals surface area contributed by atoms with Crippen LogP contribution in [0.1, 0.15) is 264 Å². The van der Waals surface area contributed by atoms with E-state index < -0.39 is 24.2 Å². The minimum Gasteiger partial charge on any atom is -0.394 e. The maximum atomic E-state index is 12.5. The molecule has 0 aliphatic heterocycles. The summed E-state index contributed by atoms with van der Waals surface area (Å²) >= 11 is 0. The van der Waals surface area contributed by atoms with E-state index in [-0.39, 0.29) is 6.61 Å². The van der Waals surface area contributed by atoms with Crippen molar-refractivity contribution in [2.45, 2.75) is 283 Å². The molecule has 0 saturated heterocycles. The van der Waals surface area contributed by atoms with Gasteiger partial charge in [0.05, 0.1) is 18.8 Å². The highest BCUT2D eigenvalue weighted by atomic mass is 16.3. The maximum absolute atomic E-state index is 12.5. The minimum atomic E-state index is -1.08. The molecule has 0 aliphatic rings. The number of hydrogen-bond donors (Lipinski definition) is 4. The lowest BCUT2D eigenvalue weighted by Gasteiger charge is -2.23. The highest BCUT2D eigenvalue weighted by Crippen LogP contribution is 2.17. The first-order valence-electron chi connectivity index (χ1n) is 24.6. The molecule has 0 aromatic rings. The lowest BCUT2D eigenvalue weighted by Crippen LogP contribution is -2.49.